The summed E-state index contributed by atoms with van der Waals surface area (Å²) in [5.74, 6) is -0.439. The van der Waals surface area contributed by atoms with Crippen molar-refractivity contribution in [1.82, 2.24) is 19.2 Å². The molecule has 0 saturated carbocycles. The topological polar surface area (TPSA) is 116 Å². The van der Waals surface area contributed by atoms with Crippen molar-refractivity contribution in [1.29, 1.82) is 5.26 Å². The molecule has 5 aromatic rings. The molecular weight excluding hydrogens is 465 g/mol. The highest BCUT2D eigenvalue weighted by Gasteiger charge is 2.19. The fourth-order valence-corrected chi connectivity index (χ4v) is 4.37. The summed E-state index contributed by atoms with van der Waals surface area (Å²) in [5, 5.41) is 23.8. The lowest BCUT2D eigenvalue weighted by Crippen LogP contribution is -2.34. The maximum absolute atomic E-state index is 13.4. The van der Waals surface area contributed by atoms with E-state index in [1.165, 1.54) is 28.7 Å². The summed E-state index contributed by atoms with van der Waals surface area (Å²) < 4.78 is 2.45. The van der Waals surface area contributed by atoms with Crippen molar-refractivity contribution in [2.75, 3.05) is 0 Å². The van der Waals surface area contributed by atoms with E-state index >= 15 is 0 Å². The highest BCUT2D eigenvalue weighted by molar-refractivity contribution is 6.34. The van der Waals surface area contributed by atoms with Crippen LogP contribution in [0.5, 0.6) is 5.88 Å². The van der Waals surface area contributed by atoms with Crippen LogP contribution in [0.25, 0.3) is 28.4 Å². The third-order valence-corrected chi connectivity index (χ3v) is 5.85. The van der Waals surface area contributed by atoms with Gasteiger partial charge in [-0.25, -0.2) is 9.67 Å². The summed E-state index contributed by atoms with van der Waals surface area (Å²) in [6.07, 6.45) is 1.27. The number of nitriles is 1. The van der Waals surface area contributed by atoms with Gasteiger partial charge in [0.15, 0.2) is 5.65 Å². The van der Waals surface area contributed by atoms with Crippen molar-refractivity contribution in [3.63, 3.8) is 0 Å². The van der Waals surface area contributed by atoms with Crippen LogP contribution >= 0.6 is 23.2 Å². The van der Waals surface area contributed by atoms with E-state index in [0.29, 0.717) is 32.3 Å². The van der Waals surface area contributed by atoms with Crippen molar-refractivity contribution >= 4 is 46.0 Å². The standard InChI is InChI=1S/C23H13Cl2N5O3/c1-11-15(22(32)29-19-5-3-2-4-18(19)27-20(29)17(11)10-26)9-16-21(31)28-30(23(16)33)14-7-12(24)6-13(25)8-14/h2-9,33H,1H3,(H,28,31)/b15-9-. The molecule has 0 amide bonds. The van der Waals surface area contributed by atoms with Crippen LogP contribution in [0, 0.1) is 18.3 Å². The number of fused-ring (bicyclic) bond motifs is 3. The first-order chi connectivity index (χ1) is 15.8. The van der Waals surface area contributed by atoms with Gasteiger partial charge in [0.25, 0.3) is 11.1 Å². The van der Waals surface area contributed by atoms with Gasteiger partial charge >= 0.3 is 0 Å². The lowest BCUT2D eigenvalue weighted by Gasteiger charge is -2.06. The molecule has 0 aliphatic heterocycles. The van der Waals surface area contributed by atoms with E-state index in [-0.39, 0.29) is 22.0 Å². The summed E-state index contributed by atoms with van der Waals surface area (Å²) in [4.78, 5) is 30.6. The summed E-state index contributed by atoms with van der Waals surface area (Å²) in [5.41, 5.74) is 0.956. The molecule has 0 atom stereocenters. The third-order valence-electron chi connectivity index (χ3n) is 5.41. The number of H-pyrrole nitrogens is 1. The fourth-order valence-electron chi connectivity index (χ4n) is 3.85. The van der Waals surface area contributed by atoms with Crippen LogP contribution in [-0.2, 0) is 0 Å². The minimum absolute atomic E-state index is 0.0879. The number of hydrogen-bond donors (Lipinski definition) is 2. The van der Waals surface area contributed by atoms with Crippen molar-refractivity contribution < 1.29 is 5.11 Å². The number of aromatic nitrogens is 4. The lowest BCUT2D eigenvalue weighted by molar-refractivity contribution is 0.432. The van der Waals surface area contributed by atoms with E-state index in [9.17, 15) is 20.0 Å². The Labute approximate surface area is 195 Å². The maximum atomic E-state index is 13.4. The number of aromatic hydroxyl groups is 1. The zero-order valence-corrected chi connectivity index (χ0v) is 18.4. The number of halogens is 2. The average molecular weight is 478 g/mol. The second-order valence-corrected chi connectivity index (χ2v) is 8.25. The minimum Gasteiger partial charge on any atom is -0.493 e. The highest BCUT2D eigenvalue weighted by Crippen LogP contribution is 2.25. The van der Waals surface area contributed by atoms with Crippen molar-refractivity contribution in [2.45, 2.75) is 6.92 Å². The Morgan fingerprint density at radius 2 is 1.85 bits per heavy atom. The van der Waals surface area contributed by atoms with Crippen LogP contribution in [-0.4, -0.2) is 24.3 Å². The van der Waals surface area contributed by atoms with Crippen LogP contribution in [0.4, 0.5) is 0 Å². The summed E-state index contributed by atoms with van der Waals surface area (Å²) in [6, 6.07) is 13.6. The number of benzene rings is 2. The molecule has 33 heavy (non-hydrogen) atoms. The van der Waals surface area contributed by atoms with Gasteiger partial charge in [0.05, 0.1) is 22.3 Å². The van der Waals surface area contributed by atoms with Crippen LogP contribution in [0.15, 0.2) is 52.1 Å². The number of hydrogen-bond acceptors (Lipinski definition) is 5. The van der Waals surface area contributed by atoms with E-state index in [4.69, 9.17) is 23.2 Å². The Hall–Kier alpha value is -4.06. The van der Waals surface area contributed by atoms with Crippen LogP contribution in [0.1, 0.15) is 16.7 Å². The highest BCUT2D eigenvalue weighted by atomic mass is 35.5. The first-order valence-corrected chi connectivity index (χ1v) is 10.4. The smallest absolute Gasteiger partial charge is 0.275 e. The average Bonchev–Trinajstić information content (AvgIpc) is 3.28. The van der Waals surface area contributed by atoms with Gasteiger partial charge in [0.1, 0.15) is 11.6 Å². The second kappa shape index (κ2) is 7.52. The van der Waals surface area contributed by atoms with Gasteiger partial charge in [-0.2, -0.15) is 5.26 Å². The predicted octanol–water partition coefficient (Wildman–Crippen LogP) is 3.07. The molecule has 2 N–H and O–H groups in total. The molecule has 0 radical (unpaired) electrons. The molecule has 3 heterocycles. The van der Waals surface area contributed by atoms with Gasteiger partial charge in [0, 0.05) is 15.3 Å². The number of rotatable bonds is 2. The molecule has 0 saturated heterocycles. The van der Waals surface area contributed by atoms with Gasteiger partial charge in [-0.3, -0.25) is 19.1 Å². The largest absolute Gasteiger partial charge is 0.493 e. The van der Waals surface area contributed by atoms with Gasteiger partial charge in [0.2, 0.25) is 5.88 Å². The van der Waals surface area contributed by atoms with Gasteiger partial charge in [-0.15, -0.1) is 0 Å². The zero-order valence-electron chi connectivity index (χ0n) is 16.9. The van der Waals surface area contributed by atoms with E-state index in [0.717, 1.165) is 4.68 Å². The normalized spacial score (nSPS) is 12.0. The molecule has 3 aromatic heterocycles. The van der Waals surface area contributed by atoms with Gasteiger partial charge in [-0.05, 0) is 48.9 Å². The zero-order chi connectivity index (χ0) is 23.4. The summed E-state index contributed by atoms with van der Waals surface area (Å²) >= 11 is 12.1. The molecule has 162 valence electrons. The van der Waals surface area contributed by atoms with Crippen LogP contribution in [0.2, 0.25) is 10.0 Å². The SMILES string of the molecule is Cc1c(C#N)c2nc3ccccc3n2c(=O)/c1=C\c1c(O)n(-c2cc(Cl)cc(Cl)c2)[nH]c1=O. The number of nitrogens with zero attached hydrogens (tertiary/aromatic N) is 4. The molecule has 0 unspecified atom stereocenters. The van der Waals surface area contributed by atoms with Gasteiger partial charge < -0.3 is 5.11 Å². The number of imidazole rings is 1. The second-order valence-electron chi connectivity index (χ2n) is 7.38. The van der Waals surface area contributed by atoms with Crippen LogP contribution in [0.3, 0.4) is 0 Å². The fraction of sp³-hybridized carbons (Fsp3) is 0.0435. The number of pyridine rings is 1. The lowest BCUT2D eigenvalue weighted by atomic mass is 10.1. The molecule has 8 nitrogen and oxygen atoms in total. The third kappa shape index (κ3) is 3.18. The monoisotopic (exact) mass is 477 g/mol. The molecule has 0 aliphatic carbocycles. The number of aromatic amines is 1. The molecular formula is C23H13Cl2N5O3. The van der Waals surface area contributed by atoms with E-state index < -0.39 is 17.0 Å². The van der Waals surface area contributed by atoms with E-state index in [1.807, 2.05) is 0 Å². The molecule has 0 aliphatic rings. The molecule has 5 rings (SSSR count). The van der Waals surface area contributed by atoms with E-state index in [1.54, 1.807) is 31.2 Å². The first-order valence-electron chi connectivity index (χ1n) is 9.66. The van der Waals surface area contributed by atoms with Crippen molar-refractivity contribution in [3.05, 3.63) is 95.1 Å². The molecule has 0 bridgehead atoms. The predicted molar refractivity (Wildman–Crippen MR) is 125 cm³/mol. The Morgan fingerprint density at radius 1 is 1.15 bits per heavy atom. The number of para-hydroxylation sites is 2. The Bertz CT molecular complexity index is 1810. The quantitative estimate of drug-likeness (QED) is 0.405. The first kappa shape index (κ1) is 20.8. The maximum Gasteiger partial charge on any atom is 0.275 e. The van der Waals surface area contributed by atoms with E-state index in [2.05, 4.69) is 16.2 Å². The Morgan fingerprint density at radius 3 is 2.55 bits per heavy atom. The van der Waals surface area contributed by atoms with Crippen LogP contribution < -0.4 is 16.3 Å². The van der Waals surface area contributed by atoms with Crippen molar-refractivity contribution in [2.24, 2.45) is 0 Å². The molecule has 0 spiro atoms. The molecule has 10 heteroatoms. The Balaban J connectivity index is 1.85. The molecule has 0 fully saturated rings. The molecule has 2 aromatic carbocycles. The minimum atomic E-state index is -0.642. The Kier molecular flexibility index (Phi) is 4.74. The summed E-state index contributed by atoms with van der Waals surface area (Å²) in [6.45, 7) is 1.60. The summed E-state index contributed by atoms with van der Waals surface area (Å²) in [7, 11) is 0. The van der Waals surface area contributed by atoms with Gasteiger partial charge in [-0.1, -0.05) is 35.3 Å². The number of nitrogens with one attached hydrogen (secondary N) is 1. The van der Waals surface area contributed by atoms with Crippen molar-refractivity contribution in [3.8, 4) is 17.6 Å².